The summed E-state index contributed by atoms with van der Waals surface area (Å²) in [6.45, 7) is 0.278. The molecule has 2 aromatic carbocycles. The molecule has 8 nitrogen and oxygen atoms in total. The highest BCUT2D eigenvalue weighted by Gasteiger charge is 2.33. The number of aryl methyl sites for hydroxylation is 1. The lowest BCUT2D eigenvalue weighted by atomic mass is 9.88. The zero-order valence-electron chi connectivity index (χ0n) is 21.9. The lowest BCUT2D eigenvalue weighted by Crippen LogP contribution is -2.48. The van der Waals surface area contributed by atoms with Gasteiger partial charge in [-0.2, -0.15) is 0 Å². The summed E-state index contributed by atoms with van der Waals surface area (Å²) in [6, 6.07) is 15.1. The Kier molecular flexibility index (Phi) is 8.05. The van der Waals surface area contributed by atoms with Gasteiger partial charge >= 0.3 is 0 Å². The number of aromatic nitrogens is 2. The Balaban J connectivity index is 1.47. The van der Waals surface area contributed by atoms with E-state index in [0.717, 1.165) is 31.2 Å². The Hall–Kier alpha value is -3.68. The highest BCUT2D eigenvalue weighted by atomic mass is 16.2. The number of imidazole rings is 1. The molecule has 3 amide bonds. The predicted octanol–water partition coefficient (Wildman–Crippen LogP) is 5.27. The fraction of sp³-hybridized carbons (Fsp3) is 0.467. The number of benzene rings is 2. The van der Waals surface area contributed by atoms with Gasteiger partial charge in [-0.25, -0.2) is 4.98 Å². The number of primary amides is 1. The van der Waals surface area contributed by atoms with Crippen LogP contribution in [0.15, 0.2) is 48.5 Å². The van der Waals surface area contributed by atoms with Crippen LogP contribution < -0.4 is 11.1 Å². The monoisotopic (exact) mass is 515 g/mol. The number of hydrogen-bond donors (Lipinski definition) is 2. The van der Waals surface area contributed by atoms with E-state index in [2.05, 4.69) is 10.2 Å². The van der Waals surface area contributed by atoms with Gasteiger partial charge in [0.1, 0.15) is 0 Å². The molecule has 0 atom stereocenters. The second-order valence-corrected chi connectivity index (χ2v) is 10.6. The first kappa shape index (κ1) is 25.9. The molecule has 3 N–H and O–H groups in total. The number of rotatable bonds is 8. The van der Waals surface area contributed by atoms with Crippen LogP contribution in [-0.4, -0.2) is 44.3 Å². The molecule has 0 aliphatic heterocycles. The van der Waals surface area contributed by atoms with E-state index in [1.807, 2.05) is 24.3 Å². The Bertz CT molecular complexity index is 1270. The number of carbonyl (C=O) groups is 3. The SMILES string of the molecule is NC(=O)CCn1c(NC(=O)c2ccccc2)nc2cc(C(=O)N(C3CCCCC3)C3CCCCC3)ccc21. The molecule has 0 bridgehead atoms. The van der Waals surface area contributed by atoms with Crippen molar-refractivity contribution in [3.8, 4) is 0 Å². The average molecular weight is 516 g/mol. The number of nitrogens with zero attached hydrogens (tertiary/aromatic N) is 3. The maximum absolute atomic E-state index is 14.0. The summed E-state index contributed by atoms with van der Waals surface area (Å²) in [5.41, 5.74) is 7.90. The predicted molar refractivity (Wildman–Crippen MR) is 148 cm³/mol. The van der Waals surface area contributed by atoms with Gasteiger partial charge in [0.2, 0.25) is 11.9 Å². The fourth-order valence-electron chi connectivity index (χ4n) is 6.07. The average Bonchev–Trinajstić information content (AvgIpc) is 3.29. The normalized spacial score (nSPS) is 16.8. The van der Waals surface area contributed by atoms with Gasteiger partial charge in [0, 0.05) is 36.2 Å². The first-order chi connectivity index (χ1) is 18.5. The highest BCUT2D eigenvalue weighted by molar-refractivity contribution is 6.04. The Morgan fingerprint density at radius 2 is 1.50 bits per heavy atom. The van der Waals surface area contributed by atoms with Crippen molar-refractivity contribution in [3.05, 3.63) is 59.7 Å². The summed E-state index contributed by atoms with van der Waals surface area (Å²) in [7, 11) is 0. The number of anilines is 1. The van der Waals surface area contributed by atoms with Gasteiger partial charge in [0.15, 0.2) is 0 Å². The van der Waals surface area contributed by atoms with Crippen LogP contribution in [-0.2, 0) is 11.3 Å². The van der Waals surface area contributed by atoms with Crippen molar-refractivity contribution in [2.24, 2.45) is 5.73 Å². The van der Waals surface area contributed by atoms with Crippen LogP contribution in [0.2, 0.25) is 0 Å². The summed E-state index contributed by atoms with van der Waals surface area (Å²) >= 11 is 0. The van der Waals surface area contributed by atoms with E-state index in [1.165, 1.54) is 38.5 Å². The van der Waals surface area contributed by atoms with Crippen molar-refractivity contribution >= 4 is 34.7 Å². The molecular weight excluding hydrogens is 478 g/mol. The van der Waals surface area contributed by atoms with Crippen LogP contribution in [0.5, 0.6) is 0 Å². The molecule has 1 aromatic heterocycles. The van der Waals surface area contributed by atoms with Crippen molar-refractivity contribution in [2.75, 3.05) is 5.32 Å². The third kappa shape index (κ3) is 5.74. The van der Waals surface area contributed by atoms with Crippen molar-refractivity contribution < 1.29 is 14.4 Å². The molecule has 0 saturated heterocycles. The van der Waals surface area contributed by atoms with E-state index < -0.39 is 5.91 Å². The number of nitrogens with one attached hydrogen (secondary N) is 1. The molecular formula is C30H37N5O3. The first-order valence-corrected chi connectivity index (χ1v) is 14.0. The number of carbonyl (C=O) groups excluding carboxylic acids is 3. The summed E-state index contributed by atoms with van der Waals surface area (Å²) in [4.78, 5) is 45.3. The molecule has 0 radical (unpaired) electrons. The van der Waals surface area contributed by atoms with E-state index in [4.69, 9.17) is 10.7 Å². The van der Waals surface area contributed by atoms with Crippen molar-refractivity contribution in [1.29, 1.82) is 0 Å². The number of fused-ring (bicyclic) bond motifs is 1. The second-order valence-electron chi connectivity index (χ2n) is 10.6. The Labute approximate surface area is 223 Å². The molecule has 0 unspecified atom stereocenters. The maximum atomic E-state index is 14.0. The maximum Gasteiger partial charge on any atom is 0.257 e. The summed E-state index contributed by atoms with van der Waals surface area (Å²) in [5, 5.41) is 2.88. The molecule has 2 fully saturated rings. The van der Waals surface area contributed by atoms with Gasteiger partial charge in [0.25, 0.3) is 11.8 Å². The molecule has 38 heavy (non-hydrogen) atoms. The third-order valence-corrected chi connectivity index (χ3v) is 8.01. The lowest BCUT2D eigenvalue weighted by Gasteiger charge is -2.42. The van der Waals surface area contributed by atoms with Crippen LogP contribution in [0, 0.1) is 0 Å². The zero-order valence-corrected chi connectivity index (χ0v) is 21.9. The zero-order chi connectivity index (χ0) is 26.5. The molecule has 8 heteroatoms. The topological polar surface area (TPSA) is 110 Å². The molecule has 2 aliphatic carbocycles. The van der Waals surface area contributed by atoms with E-state index in [9.17, 15) is 14.4 Å². The molecule has 5 rings (SSSR count). The summed E-state index contributed by atoms with van der Waals surface area (Å²) in [6.07, 6.45) is 11.6. The second kappa shape index (κ2) is 11.8. The van der Waals surface area contributed by atoms with Gasteiger partial charge in [-0.3, -0.25) is 19.7 Å². The number of amides is 3. The van der Waals surface area contributed by atoms with Gasteiger partial charge in [-0.15, -0.1) is 0 Å². The van der Waals surface area contributed by atoms with Crippen molar-refractivity contribution in [2.45, 2.75) is 89.3 Å². The van der Waals surface area contributed by atoms with Gasteiger partial charge in [-0.05, 0) is 56.0 Å². The highest BCUT2D eigenvalue weighted by Crippen LogP contribution is 2.32. The van der Waals surface area contributed by atoms with Crippen LogP contribution in [0.3, 0.4) is 0 Å². The van der Waals surface area contributed by atoms with E-state index in [1.54, 1.807) is 28.8 Å². The van der Waals surface area contributed by atoms with Crippen LogP contribution in [0.4, 0.5) is 5.95 Å². The van der Waals surface area contributed by atoms with Crippen LogP contribution in [0.25, 0.3) is 11.0 Å². The summed E-state index contributed by atoms with van der Waals surface area (Å²) < 4.78 is 1.79. The lowest BCUT2D eigenvalue weighted by molar-refractivity contribution is -0.118. The fourth-order valence-corrected chi connectivity index (χ4v) is 6.07. The molecule has 1 heterocycles. The van der Waals surface area contributed by atoms with Crippen LogP contribution >= 0.6 is 0 Å². The van der Waals surface area contributed by atoms with Crippen LogP contribution in [0.1, 0.15) is 91.3 Å². The molecule has 0 spiro atoms. The number of hydrogen-bond acceptors (Lipinski definition) is 4. The minimum atomic E-state index is -0.436. The molecule has 2 aliphatic rings. The standard InChI is InChI=1S/C30H37N5O3/c31-27(36)18-19-34-26-17-16-22(20-25(26)32-30(34)33-28(37)21-10-4-1-5-11-21)29(38)35(23-12-6-2-7-13-23)24-14-8-3-9-15-24/h1,4-5,10-11,16-17,20,23-24H,2-3,6-9,12-15,18-19H2,(H2,31,36)(H,32,33,37). The Morgan fingerprint density at radius 3 is 2.11 bits per heavy atom. The molecule has 2 saturated carbocycles. The largest absolute Gasteiger partial charge is 0.370 e. The van der Waals surface area contributed by atoms with Crippen molar-refractivity contribution in [3.63, 3.8) is 0 Å². The minimum absolute atomic E-state index is 0.0762. The van der Waals surface area contributed by atoms with Gasteiger partial charge in [-0.1, -0.05) is 56.7 Å². The van der Waals surface area contributed by atoms with Gasteiger partial charge in [0.05, 0.1) is 11.0 Å². The smallest absolute Gasteiger partial charge is 0.257 e. The quantitative estimate of drug-likeness (QED) is 0.426. The van der Waals surface area contributed by atoms with E-state index in [0.29, 0.717) is 34.7 Å². The number of nitrogens with two attached hydrogens (primary N) is 1. The Morgan fingerprint density at radius 1 is 0.868 bits per heavy atom. The molecule has 200 valence electrons. The molecule has 3 aromatic rings. The van der Waals surface area contributed by atoms with E-state index in [-0.39, 0.29) is 24.8 Å². The van der Waals surface area contributed by atoms with Crippen molar-refractivity contribution in [1.82, 2.24) is 14.5 Å². The first-order valence-electron chi connectivity index (χ1n) is 14.0. The minimum Gasteiger partial charge on any atom is -0.370 e. The third-order valence-electron chi connectivity index (χ3n) is 8.01. The summed E-state index contributed by atoms with van der Waals surface area (Å²) in [5.74, 6) is -0.323. The van der Waals surface area contributed by atoms with E-state index >= 15 is 0 Å². The van der Waals surface area contributed by atoms with Gasteiger partial charge < -0.3 is 15.2 Å².